The van der Waals surface area contributed by atoms with Crippen LogP contribution in [0.2, 0.25) is 0 Å². The molecule has 0 aromatic heterocycles. The van der Waals surface area contributed by atoms with Crippen LogP contribution in [0.15, 0.2) is 0 Å². The van der Waals surface area contributed by atoms with Crippen molar-refractivity contribution in [3.05, 3.63) is 0 Å². The minimum atomic E-state index is -0.459. The monoisotopic (exact) mass is 266 g/mol. The van der Waals surface area contributed by atoms with Crippen molar-refractivity contribution in [2.24, 2.45) is 5.92 Å². The zero-order valence-electron chi connectivity index (χ0n) is 12.3. The maximum absolute atomic E-state index is 11.7. The van der Waals surface area contributed by atoms with Gasteiger partial charge in [0.2, 0.25) is 0 Å². The van der Waals surface area contributed by atoms with Crippen LogP contribution in [-0.4, -0.2) is 30.8 Å². The van der Waals surface area contributed by atoms with Crippen LogP contribution in [-0.2, 0) is 4.74 Å². The number of nitrogens with one attached hydrogen (secondary N) is 2. The minimum absolute atomic E-state index is 0.242. The molecule has 19 heavy (non-hydrogen) atoms. The summed E-state index contributed by atoms with van der Waals surface area (Å²) in [5.41, 5.74) is -0.459. The third-order valence-corrected chi connectivity index (χ3v) is 3.30. The molecule has 4 heteroatoms. The molecule has 0 aromatic carbocycles. The second kappa shape index (κ2) is 7.40. The van der Waals surface area contributed by atoms with Gasteiger partial charge in [-0.3, -0.25) is 0 Å². The maximum Gasteiger partial charge on any atom is 0.407 e. The van der Waals surface area contributed by atoms with Crippen LogP contribution in [0.1, 0.15) is 46.5 Å². The van der Waals surface area contributed by atoms with Crippen molar-refractivity contribution in [1.82, 2.24) is 10.6 Å². The molecule has 0 spiro atoms. The highest BCUT2D eigenvalue weighted by Crippen LogP contribution is 2.27. The molecule has 0 saturated heterocycles. The quantitative estimate of drug-likeness (QED) is 0.751. The van der Waals surface area contributed by atoms with E-state index in [4.69, 9.17) is 11.2 Å². The zero-order valence-corrected chi connectivity index (χ0v) is 12.3. The van der Waals surface area contributed by atoms with Gasteiger partial charge in [-0.15, -0.1) is 6.42 Å². The van der Waals surface area contributed by atoms with Gasteiger partial charge in [-0.2, -0.15) is 0 Å². The summed E-state index contributed by atoms with van der Waals surface area (Å²) in [5.74, 6) is 3.19. The molecule has 0 bridgehead atoms. The summed E-state index contributed by atoms with van der Waals surface area (Å²) in [6.45, 7) is 6.69. The van der Waals surface area contributed by atoms with Gasteiger partial charge < -0.3 is 15.4 Å². The molecule has 1 atom stereocenters. The number of terminal acetylenes is 1. The van der Waals surface area contributed by atoms with Gasteiger partial charge >= 0.3 is 6.09 Å². The van der Waals surface area contributed by atoms with Crippen LogP contribution in [0.25, 0.3) is 0 Å². The number of hydrogen-bond donors (Lipinski definition) is 2. The molecule has 0 aliphatic heterocycles. The van der Waals surface area contributed by atoms with Crippen molar-refractivity contribution < 1.29 is 9.53 Å². The lowest BCUT2D eigenvalue weighted by Crippen LogP contribution is -2.46. The van der Waals surface area contributed by atoms with Crippen LogP contribution in [0, 0.1) is 18.3 Å². The standard InChI is InChI=1S/C15H26N2O2/c1-5-10-16-13(12-8-6-7-9-12)11-17-14(18)19-15(2,3)4/h1,12-13,16H,6-11H2,2-4H3,(H,17,18). The average Bonchev–Trinajstić information content (AvgIpc) is 2.80. The lowest BCUT2D eigenvalue weighted by atomic mass is 9.98. The second-order valence-corrected chi connectivity index (χ2v) is 6.12. The van der Waals surface area contributed by atoms with Gasteiger partial charge in [-0.05, 0) is 39.5 Å². The largest absolute Gasteiger partial charge is 0.444 e. The highest BCUT2D eigenvalue weighted by atomic mass is 16.6. The highest BCUT2D eigenvalue weighted by Gasteiger charge is 2.25. The molecule has 0 radical (unpaired) electrons. The number of hydrogen-bond acceptors (Lipinski definition) is 3. The Morgan fingerprint density at radius 2 is 2.05 bits per heavy atom. The Morgan fingerprint density at radius 1 is 1.42 bits per heavy atom. The van der Waals surface area contributed by atoms with Crippen LogP contribution in [0.5, 0.6) is 0 Å². The Balaban J connectivity index is 2.39. The fourth-order valence-corrected chi connectivity index (χ4v) is 2.46. The van der Waals surface area contributed by atoms with Gasteiger partial charge in [0.1, 0.15) is 5.60 Å². The van der Waals surface area contributed by atoms with Gasteiger partial charge in [0.25, 0.3) is 0 Å². The molecular formula is C15H26N2O2. The molecule has 1 unspecified atom stereocenters. The van der Waals surface area contributed by atoms with Crippen molar-refractivity contribution in [3.63, 3.8) is 0 Å². The normalized spacial score (nSPS) is 17.8. The van der Waals surface area contributed by atoms with Crippen molar-refractivity contribution >= 4 is 6.09 Å². The van der Waals surface area contributed by atoms with E-state index < -0.39 is 5.60 Å². The smallest absolute Gasteiger partial charge is 0.407 e. The first kappa shape index (κ1) is 15.8. The number of amides is 1. The lowest BCUT2D eigenvalue weighted by molar-refractivity contribution is 0.0518. The Morgan fingerprint density at radius 3 is 2.58 bits per heavy atom. The topological polar surface area (TPSA) is 50.4 Å². The van der Waals surface area contributed by atoms with Gasteiger partial charge in [-0.1, -0.05) is 18.8 Å². The summed E-state index contributed by atoms with van der Waals surface area (Å²) in [6, 6.07) is 0.242. The van der Waals surface area contributed by atoms with Crippen molar-refractivity contribution in [2.75, 3.05) is 13.1 Å². The number of carbonyl (C=O) groups is 1. The third kappa shape index (κ3) is 6.49. The Hall–Kier alpha value is -1.21. The molecule has 0 heterocycles. The first-order chi connectivity index (χ1) is 8.92. The summed E-state index contributed by atoms with van der Waals surface area (Å²) in [4.78, 5) is 11.7. The third-order valence-electron chi connectivity index (χ3n) is 3.30. The van der Waals surface area contributed by atoms with Crippen molar-refractivity contribution in [2.45, 2.75) is 58.1 Å². The average molecular weight is 266 g/mol. The molecule has 1 aliphatic rings. The highest BCUT2D eigenvalue weighted by molar-refractivity contribution is 5.67. The number of alkyl carbamates (subject to hydrolysis) is 1. The van der Waals surface area contributed by atoms with E-state index in [-0.39, 0.29) is 12.1 Å². The van der Waals surface area contributed by atoms with E-state index in [2.05, 4.69) is 16.6 Å². The Bertz CT molecular complexity index is 322. The van der Waals surface area contributed by atoms with E-state index >= 15 is 0 Å². The molecule has 1 saturated carbocycles. The molecule has 1 fully saturated rings. The molecule has 2 N–H and O–H groups in total. The summed E-state index contributed by atoms with van der Waals surface area (Å²) in [5, 5.41) is 6.16. The van der Waals surface area contributed by atoms with E-state index in [1.807, 2.05) is 20.8 Å². The molecular weight excluding hydrogens is 240 g/mol. The molecule has 0 aromatic rings. The Kier molecular flexibility index (Phi) is 6.17. The molecule has 1 rings (SSSR count). The van der Waals surface area contributed by atoms with Crippen LogP contribution >= 0.6 is 0 Å². The maximum atomic E-state index is 11.7. The summed E-state index contributed by atoms with van der Waals surface area (Å²) in [6.07, 6.45) is 9.88. The summed E-state index contributed by atoms with van der Waals surface area (Å²) in [7, 11) is 0. The first-order valence-corrected chi connectivity index (χ1v) is 7.06. The van der Waals surface area contributed by atoms with E-state index in [0.29, 0.717) is 19.0 Å². The van der Waals surface area contributed by atoms with Gasteiger partial charge in [0.05, 0.1) is 6.54 Å². The fraction of sp³-hybridized carbons (Fsp3) is 0.800. The Labute approximate surface area is 116 Å². The van der Waals surface area contributed by atoms with Gasteiger partial charge in [0.15, 0.2) is 0 Å². The number of rotatable bonds is 5. The minimum Gasteiger partial charge on any atom is -0.444 e. The predicted molar refractivity (Wildman–Crippen MR) is 76.8 cm³/mol. The number of carbonyl (C=O) groups excluding carboxylic acids is 1. The fourth-order valence-electron chi connectivity index (χ4n) is 2.46. The van der Waals surface area contributed by atoms with E-state index in [1.165, 1.54) is 25.7 Å². The van der Waals surface area contributed by atoms with E-state index in [1.54, 1.807) is 0 Å². The predicted octanol–water partition coefficient (Wildman–Crippen LogP) is 2.29. The molecule has 1 amide bonds. The second-order valence-electron chi connectivity index (χ2n) is 6.12. The molecule has 108 valence electrons. The summed E-state index contributed by atoms with van der Waals surface area (Å²) >= 11 is 0. The lowest BCUT2D eigenvalue weighted by Gasteiger charge is -2.25. The SMILES string of the molecule is C#CCNC(CNC(=O)OC(C)(C)C)C1CCCC1. The van der Waals surface area contributed by atoms with Crippen molar-refractivity contribution in [3.8, 4) is 12.3 Å². The van der Waals surface area contributed by atoms with Crippen LogP contribution in [0.3, 0.4) is 0 Å². The zero-order chi connectivity index (χ0) is 14.3. The van der Waals surface area contributed by atoms with Crippen LogP contribution < -0.4 is 10.6 Å². The van der Waals surface area contributed by atoms with Gasteiger partial charge in [0, 0.05) is 12.6 Å². The molecule has 4 nitrogen and oxygen atoms in total. The number of ether oxygens (including phenoxy) is 1. The summed E-state index contributed by atoms with van der Waals surface area (Å²) < 4.78 is 5.24. The van der Waals surface area contributed by atoms with Crippen LogP contribution in [0.4, 0.5) is 4.79 Å². The van der Waals surface area contributed by atoms with E-state index in [0.717, 1.165) is 0 Å². The molecule has 1 aliphatic carbocycles. The van der Waals surface area contributed by atoms with Crippen molar-refractivity contribution in [1.29, 1.82) is 0 Å². The van der Waals surface area contributed by atoms with Gasteiger partial charge in [-0.25, -0.2) is 4.79 Å². The van der Waals surface area contributed by atoms with E-state index in [9.17, 15) is 4.79 Å². The first-order valence-electron chi connectivity index (χ1n) is 7.06.